The molecule has 0 fully saturated rings. The van der Waals surface area contributed by atoms with Gasteiger partial charge in [0.2, 0.25) is 0 Å². The van der Waals surface area contributed by atoms with E-state index in [4.69, 9.17) is 0 Å². The number of allylic oxidation sites excluding steroid dienone is 2. The Hall–Kier alpha value is -0.520. The first-order valence-electron chi connectivity index (χ1n) is 4.23. The molecule has 0 heteroatoms. The van der Waals surface area contributed by atoms with E-state index >= 15 is 0 Å². The minimum Gasteiger partial charge on any atom is -0.103 e. The van der Waals surface area contributed by atoms with E-state index in [9.17, 15) is 0 Å². The van der Waals surface area contributed by atoms with E-state index < -0.39 is 0 Å². The molecule has 0 rings (SSSR count). The number of rotatable bonds is 4. The molecule has 11 heavy (non-hydrogen) atoms. The Labute approximate surface area is 71.0 Å². The van der Waals surface area contributed by atoms with Gasteiger partial charge < -0.3 is 0 Å². The fraction of sp³-hybridized carbons (Fsp3) is 0.636. The fourth-order valence-corrected chi connectivity index (χ4v) is 0.858. The Morgan fingerprint density at radius 3 is 2.27 bits per heavy atom. The van der Waals surface area contributed by atoms with Gasteiger partial charge in [0.05, 0.1) is 0 Å². The summed E-state index contributed by atoms with van der Waals surface area (Å²) in [5.74, 6) is 0. The molecule has 0 saturated carbocycles. The van der Waals surface area contributed by atoms with E-state index in [1.807, 2.05) is 6.08 Å². The molecule has 0 aromatic rings. The third kappa shape index (κ3) is 7.38. The highest BCUT2D eigenvalue weighted by Gasteiger charge is 2.09. The third-order valence-electron chi connectivity index (χ3n) is 1.66. The minimum absolute atomic E-state index is 0.435. The second kappa shape index (κ2) is 4.38. The van der Waals surface area contributed by atoms with E-state index in [1.54, 1.807) is 0 Å². The van der Waals surface area contributed by atoms with Gasteiger partial charge in [0.1, 0.15) is 0 Å². The van der Waals surface area contributed by atoms with E-state index in [-0.39, 0.29) is 0 Å². The average Bonchev–Trinajstić information content (AvgIpc) is 1.83. The molecule has 0 aromatic heterocycles. The van der Waals surface area contributed by atoms with Crippen LogP contribution in [-0.2, 0) is 0 Å². The molecule has 0 aromatic carbocycles. The summed E-state index contributed by atoms with van der Waals surface area (Å²) in [6, 6.07) is 0. The highest BCUT2D eigenvalue weighted by molar-refractivity contribution is 5.00. The summed E-state index contributed by atoms with van der Waals surface area (Å²) in [5.41, 5.74) is 1.74. The van der Waals surface area contributed by atoms with Crippen LogP contribution in [0.5, 0.6) is 0 Å². The molecular weight excluding hydrogens is 132 g/mol. The van der Waals surface area contributed by atoms with Crippen molar-refractivity contribution in [2.75, 3.05) is 0 Å². The summed E-state index contributed by atoms with van der Waals surface area (Å²) in [7, 11) is 0. The quantitative estimate of drug-likeness (QED) is 0.535. The molecule has 0 atom stereocenters. The van der Waals surface area contributed by atoms with Crippen molar-refractivity contribution in [1.82, 2.24) is 0 Å². The smallest absolute Gasteiger partial charge is 0.0144 e. The van der Waals surface area contributed by atoms with Crippen molar-refractivity contribution >= 4 is 0 Å². The van der Waals surface area contributed by atoms with Gasteiger partial charge in [-0.15, -0.1) is 6.58 Å². The van der Waals surface area contributed by atoms with Crippen molar-refractivity contribution in [3.05, 3.63) is 24.8 Å². The molecule has 0 spiro atoms. The zero-order valence-electron chi connectivity index (χ0n) is 8.11. The highest BCUT2D eigenvalue weighted by Crippen LogP contribution is 2.23. The predicted molar refractivity (Wildman–Crippen MR) is 52.6 cm³/mol. The summed E-state index contributed by atoms with van der Waals surface area (Å²) in [4.78, 5) is 0. The Morgan fingerprint density at radius 2 is 1.91 bits per heavy atom. The fourth-order valence-electron chi connectivity index (χ4n) is 0.858. The van der Waals surface area contributed by atoms with Crippen LogP contribution in [0.15, 0.2) is 24.8 Å². The van der Waals surface area contributed by atoms with Gasteiger partial charge in [-0.25, -0.2) is 0 Å². The second-order valence-electron chi connectivity index (χ2n) is 4.30. The van der Waals surface area contributed by atoms with Crippen LogP contribution in [0.2, 0.25) is 0 Å². The molecule has 0 radical (unpaired) electrons. The topological polar surface area (TPSA) is 0 Å². The van der Waals surface area contributed by atoms with E-state index in [0.717, 1.165) is 12.8 Å². The van der Waals surface area contributed by atoms with Crippen molar-refractivity contribution in [2.24, 2.45) is 5.41 Å². The lowest BCUT2D eigenvalue weighted by atomic mass is 9.88. The monoisotopic (exact) mass is 152 g/mol. The van der Waals surface area contributed by atoms with Crippen molar-refractivity contribution < 1.29 is 0 Å². The van der Waals surface area contributed by atoms with Crippen LogP contribution < -0.4 is 0 Å². The molecule has 0 nitrogen and oxygen atoms in total. The number of hydrogen-bond donors (Lipinski definition) is 0. The van der Waals surface area contributed by atoms with Gasteiger partial charge in [0, 0.05) is 0 Å². The normalized spacial score (nSPS) is 11.2. The zero-order chi connectivity index (χ0) is 8.91. The summed E-state index contributed by atoms with van der Waals surface area (Å²) in [6.45, 7) is 14.4. The summed E-state index contributed by atoms with van der Waals surface area (Å²) in [5, 5.41) is 0. The van der Waals surface area contributed by atoms with Crippen LogP contribution in [0.25, 0.3) is 0 Å². The molecule has 64 valence electrons. The molecule has 0 amide bonds. The first-order chi connectivity index (χ1) is 4.95. The Morgan fingerprint density at radius 1 is 1.36 bits per heavy atom. The number of hydrogen-bond acceptors (Lipinski definition) is 0. The third-order valence-corrected chi connectivity index (χ3v) is 1.66. The van der Waals surface area contributed by atoms with Crippen LogP contribution in [-0.4, -0.2) is 0 Å². The van der Waals surface area contributed by atoms with Crippen LogP contribution >= 0.6 is 0 Å². The van der Waals surface area contributed by atoms with Gasteiger partial charge in [-0.3, -0.25) is 0 Å². The van der Waals surface area contributed by atoms with Crippen molar-refractivity contribution in [3.8, 4) is 0 Å². The SMILES string of the molecule is C=CCC(=C)CCC(C)(C)C. The van der Waals surface area contributed by atoms with Crippen LogP contribution in [0.1, 0.15) is 40.0 Å². The lowest BCUT2D eigenvalue weighted by Crippen LogP contribution is -2.04. The maximum absolute atomic E-state index is 3.98. The van der Waals surface area contributed by atoms with Crippen molar-refractivity contribution in [2.45, 2.75) is 40.0 Å². The van der Waals surface area contributed by atoms with Crippen LogP contribution in [0.4, 0.5) is 0 Å². The summed E-state index contributed by atoms with van der Waals surface area (Å²) < 4.78 is 0. The van der Waals surface area contributed by atoms with Gasteiger partial charge in [-0.2, -0.15) is 0 Å². The largest absolute Gasteiger partial charge is 0.103 e. The molecular formula is C11H20. The standard InChI is InChI=1S/C11H20/c1-6-7-10(2)8-9-11(3,4)5/h6H,1-2,7-9H2,3-5H3. The molecule has 0 aliphatic carbocycles. The molecule has 0 N–H and O–H groups in total. The summed E-state index contributed by atoms with van der Waals surface area (Å²) in [6.07, 6.45) is 5.25. The first kappa shape index (κ1) is 10.5. The molecule has 0 saturated heterocycles. The lowest BCUT2D eigenvalue weighted by Gasteiger charge is -2.18. The van der Waals surface area contributed by atoms with Crippen LogP contribution in [0.3, 0.4) is 0 Å². The highest BCUT2D eigenvalue weighted by atomic mass is 14.1. The Balaban J connectivity index is 3.54. The lowest BCUT2D eigenvalue weighted by molar-refractivity contribution is 0.377. The molecule has 0 unspecified atom stereocenters. The predicted octanol–water partition coefficient (Wildman–Crippen LogP) is 3.95. The van der Waals surface area contributed by atoms with Gasteiger partial charge >= 0.3 is 0 Å². The van der Waals surface area contributed by atoms with Gasteiger partial charge in [0.25, 0.3) is 0 Å². The van der Waals surface area contributed by atoms with E-state index in [0.29, 0.717) is 5.41 Å². The van der Waals surface area contributed by atoms with Gasteiger partial charge in [0.15, 0.2) is 0 Å². The Kier molecular flexibility index (Phi) is 4.17. The Bertz CT molecular complexity index is 135. The molecule has 0 aliphatic heterocycles. The molecule has 0 bridgehead atoms. The van der Waals surface area contributed by atoms with E-state index in [2.05, 4.69) is 33.9 Å². The van der Waals surface area contributed by atoms with Gasteiger partial charge in [-0.05, 0) is 24.7 Å². The molecule has 0 aliphatic rings. The maximum atomic E-state index is 3.98. The summed E-state index contributed by atoms with van der Waals surface area (Å²) >= 11 is 0. The average molecular weight is 152 g/mol. The van der Waals surface area contributed by atoms with Crippen molar-refractivity contribution in [1.29, 1.82) is 0 Å². The molecule has 0 heterocycles. The minimum atomic E-state index is 0.435. The van der Waals surface area contributed by atoms with E-state index in [1.165, 1.54) is 12.0 Å². The van der Waals surface area contributed by atoms with Crippen LogP contribution in [0, 0.1) is 5.41 Å². The zero-order valence-corrected chi connectivity index (χ0v) is 8.11. The van der Waals surface area contributed by atoms with Gasteiger partial charge in [-0.1, -0.05) is 39.0 Å². The first-order valence-corrected chi connectivity index (χ1v) is 4.23. The second-order valence-corrected chi connectivity index (χ2v) is 4.30. The van der Waals surface area contributed by atoms with Crippen molar-refractivity contribution in [3.63, 3.8) is 0 Å². The maximum Gasteiger partial charge on any atom is -0.0144 e.